The zero-order valence-corrected chi connectivity index (χ0v) is 17.2. The van der Waals surface area contributed by atoms with Gasteiger partial charge in [0.25, 0.3) is 5.91 Å². The molecule has 2 aromatic rings. The number of amides is 1. The third-order valence-corrected chi connectivity index (χ3v) is 6.21. The van der Waals surface area contributed by atoms with Gasteiger partial charge in [0.2, 0.25) is 0 Å². The smallest absolute Gasteiger partial charge is 0.341 e. The van der Waals surface area contributed by atoms with Gasteiger partial charge in [0, 0.05) is 17.6 Å². The van der Waals surface area contributed by atoms with E-state index in [1.807, 2.05) is 27.7 Å². The normalized spacial score (nSPS) is 14.5. The van der Waals surface area contributed by atoms with Crippen molar-refractivity contribution in [1.82, 2.24) is 9.78 Å². The van der Waals surface area contributed by atoms with Gasteiger partial charge in [-0.25, -0.2) is 4.79 Å². The Bertz CT molecular complexity index is 853. The fourth-order valence-corrected chi connectivity index (χ4v) is 4.54. The molecule has 7 heteroatoms. The van der Waals surface area contributed by atoms with Crippen molar-refractivity contribution >= 4 is 28.2 Å². The highest BCUT2D eigenvalue weighted by atomic mass is 32.1. The zero-order chi connectivity index (χ0) is 19.6. The van der Waals surface area contributed by atoms with Crippen molar-refractivity contribution in [3.8, 4) is 0 Å². The third kappa shape index (κ3) is 4.08. The van der Waals surface area contributed by atoms with E-state index in [9.17, 15) is 9.59 Å². The summed E-state index contributed by atoms with van der Waals surface area (Å²) >= 11 is 1.51. The molecule has 1 aliphatic carbocycles. The second-order valence-electron chi connectivity index (χ2n) is 6.98. The Kier molecular flexibility index (Phi) is 5.99. The van der Waals surface area contributed by atoms with Crippen molar-refractivity contribution in [3.05, 3.63) is 33.5 Å². The lowest BCUT2D eigenvalue weighted by atomic mass is 9.95. The minimum absolute atomic E-state index is 0.148. The molecule has 1 amide bonds. The number of nitrogens with zero attached hydrogens (tertiary/aromatic N) is 2. The molecule has 1 N–H and O–H groups in total. The topological polar surface area (TPSA) is 73.2 Å². The standard InChI is InChI=1S/C20H27N3O3S/c1-5-12(3)26-20(25)17-14-9-7-8-10-16(14)27-19(17)21-18(24)15-11-23(6-2)22-13(15)4/h11-12H,5-10H2,1-4H3,(H,21,24). The van der Waals surface area contributed by atoms with Crippen LogP contribution in [0.1, 0.15) is 76.9 Å². The van der Waals surface area contributed by atoms with Gasteiger partial charge in [-0.1, -0.05) is 6.92 Å². The molecule has 1 aliphatic rings. The van der Waals surface area contributed by atoms with E-state index in [1.54, 1.807) is 10.9 Å². The van der Waals surface area contributed by atoms with Gasteiger partial charge < -0.3 is 10.1 Å². The number of thiophene rings is 1. The Labute approximate surface area is 163 Å². The van der Waals surface area contributed by atoms with E-state index in [-0.39, 0.29) is 18.0 Å². The lowest BCUT2D eigenvalue weighted by Gasteiger charge is -2.15. The molecule has 0 spiro atoms. The van der Waals surface area contributed by atoms with E-state index in [1.165, 1.54) is 16.2 Å². The maximum atomic E-state index is 12.8. The van der Waals surface area contributed by atoms with Crippen LogP contribution in [0.25, 0.3) is 0 Å². The second kappa shape index (κ2) is 8.25. The van der Waals surface area contributed by atoms with Gasteiger partial charge in [0.05, 0.1) is 22.9 Å². The Hall–Kier alpha value is -2.15. The molecular formula is C20H27N3O3S. The van der Waals surface area contributed by atoms with E-state index in [0.29, 0.717) is 28.4 Å². The van der Waals surface area contributed by atoms with Gasteiger partial charge in [-0.3, -0.25) is 9.48 Å². The minimum Gasteiger partial charge on any atom is -0.459 e. The van der Waals surface area contributed by atoms with Crippen LogP contribution in [0.2, 0.25) is 0 Å². The molecule has 3 rings (SSSR count). The van der Waals surface area contributed by atoms with Crippen LogP contribution in [0.4, 0.5) is 5.00 Å². The van der Waals surface area contributed by atoms with Crippen molar-refractivity contribution in [2.24, 2.45) is 0 Å². The van der Waals surface area contributed by atoms with E-state index in [2.05, 4.69) is 10.4 Å². The monoisotopic (exact) mass is 389 g/mol. The fourth-order valence-electron chi connectivity index (χ4n) is 3.27. The predicted octanol–water partition coefficient (Wildman–Crippen LogP) is 4.36. The van der Waals surface area contributed by atoms with Crippen LogP contribution >= 0.6 is 11.3 Å². The largest absolute Gasteiger partial charge is 0.459 e. The highest BCUT2D eigenvalue weighted by molar-refractivity contribution is 7.17. The molecule has 0 saturated heterocycles. The maximum absolute atomic E-state index is 12.8. The quantitative estimate of drug-likeness (QED) is 0.745. The van der Waals surface area contributed by atoms with Crippen LogP contribution in [-0.2, 0) is 24.1 Å². The summed E-state index contributed by atoms with van der Waals surface area (Å²) in [5, 5.41) is 7.89. The van der Waals surface area contributed by atoms with E-state index >= 15 is 0 Å². The average Bonchev–Trinajstić information content (AvgIpc) is 3.21. The summed E-state index contributed by atoms with van der Waals surface area (Å²) in [6.45, 7) is 8.37. The summed E-state index contributed by atoms with van der Waals surface area (Å²) < 4.78 is 7.32. The van der Waals surface area contributed by atoms with Gasteiger partial charge in [0.1, 0.15) is 5.00 Å². The van der Waals surface area contributed by atoms with Crippen molar-refractivity contribution in [3.63, 3.8) is 0 Å². The van der Waals surface area contributed by atoms with E-state index in [4.69, 9.17) is 4.74 Å². The second-order valence-corrected chi connectivity index (χ2v) is 8.08. The lowest BCUT2D eigenvalue weighted by molar-refractivity contribution is 0.0335. The first kappa shape index (κ1) is 19.6. The van der Waals surface area contributed by atoms with Gasteiger partial charge in [-0.15, -0.1) is 11.3 Å². The number of carbonyl (C=O) groups excluding carboxylic acids is 2. The van der Waals surface area contributed by atoms with Crippen molar-refractivity contribution in [1.29, 1.82) is 0 Å². The summed E-state index contributed by atoms with van der Waals surface area (Å²) in [4.78, 5) is 26.8. The molecule has 2 heterocycles. The number of aryl methyl sites for hydroxylation is 3. The van der Waals surface area contributed by atoms with Crippen LogP contribution in [0.15, 0.2) is 6.20 Å². The maximum Gasteiger partial charge on any atom is 0.341 e. The molecule has 1 atom stereocenters. The predicted molar refractivity (Wildman–Crippen MR) is 107 cm³/mol. The highest BCUT2D eigenvalue weighted by Crippen LogP contribution is 2.39. The SMILES string of the molecule is CCC(C)OC(=O)c1c(NC(=O)c2cn(CC)nc2C)sc2c1CCCC2. The highest BCUT2D eigenvalue weighted by Gasteiger charge is 2.28. The Morgan fingerprint density at radius 2 is 2.07 bits per heavy atom. The van der Waals surface area contributed by atoms with Gasteiger partial charge in [-0.2, -0.15) is 5.10 Å². The Balaban J connectivity index is 1.92. The third-order valence-electron chi connectivity index (χ3n) is 5.00. The van der Waals surface area contributed by atoms with Crippen LogP contribution in [0.5, 0.6) is 0 Å². The van der Waals surface area contributed by atoms with Gasteiger partial charge >= 0.3 is 5.97 Å². The van der Waals surface area contributed by atoms with Crippen LogP contribution < -0.4 is 5.32 Å². The molecule has 2 aromatic heterocycles. The first-order valence-electron chi connectivity index (χ1n) is 9.65. The number of fused-ring (bicyclic) bond motifs is 1. The van der Waals surface area contributed by atoms with E-state index < -0.39 is 0 Å². The number of anilines is 1. The molecular weight excluding hydrogens is 362 g/mol. The average molecular weight is 390 g/mol. The van der Waals surface area contributed by atoms with Crippen LogP contribution in [0, 0.1) is 6.92 Å². The molecule has 6 nitrogen and oxygen atoms in total. The fraction of sp³-hybridized carbons (Fsp3) is 0.550. The number of hydrogen-bond acceptors (Lipinski definition) is 5. The molecule has 0 fully saturated rings. The summed E-state index contributed by atoms with van der Waals surface area (Å²) in [7, 11) is 0. The van der Waals surface area contributed by atoms with Crippen molar-refractivity contribution in [2.45, 2.75) is 72.4 Å². The number of hydrogen-bond donors (Lipinski definition) is 1. The Morgan fingerprint density at radius 1 is 1.33 bits per heavy atom. The molecule has 27 heavy (non-hydrogen) atoms. The van der Waals surface area contributed by atoms with Crippen molar-refractivity contribution in [2.75, 3.05) is 5.32 Å². The summed E-state index contributed by atoms with van der Waals surface area (Å²) in [6.07, 6.45) is 6.34. The number of rotatable bonds is 6. The molecule has 1 unspecified atom stereocenters. The number of carbonyl (C=O) groups is 2. The summed E-state index contributed by atoms with van der Waals surface area (Å²) in [6, 6.07) is 0. The Morgan fingerprint density at radius 3 is 2.74 bits per heavy atom. The lowest BCUT2D eigenvalue weighted by Crippen LogP contribution is -2.19. The first-order chi connectivity index (χ1) is 12.9. The zero-order valence-electron chi connectivity index (χ0n) is 16.4. The molecule has 0 aromatic carbocycles. The van der Waals surface area contributed by atoms with Crippen LogP contribution in [0.3, 0.4) is 0 Å². The van der Waals surface area contributed by atoms with Gasteiger partial charge in [-0.05, 0) is 58.4 Å². The minimum atomic E-state index is -0.333. The molecule has 0 saturated carbocycles. The molecule has 0 aliphatic heterocycles. The number of nitrogens with one attached hydrogen (secondary N) is 1. The van der Waals surface area contributed by atoms with Crippen molar-refractivity contribution < 1.29 is 14.3 Å². The molecule has 0 radical (unpaired) electrons. The van der Waals surface area contributed by atoms with E-state index in [0.717, 1.165) is 37.7 Å². The summed E-state index contributed by atoms with van der Waals surface area (Å²) in [5.74, 6) is -0.566. The number of ether oxygens (including phenoxy) is 1. The molecule has 0 bridgehead atoms. The molecule has 146 valence electrons. The van der Waals surface area contributed by atoms with Crippen LogP contribution in [-0.4, -0.2) is 27.8 Å². The number of aromatic nitrogens is 2. The summed E-state index contributed by atoms with van der Waals surface area (Å²) in [5.41, 5.74) is 2.81. The number of esters is 1. The van der Waals surface area contributed by atoms with Gasteiger partial charge in [0.15, 0.2) is 0 Å². The first-order valence-corrected chi connectivity index (χ1v) is 10.5.